The van der Waals surface area contributed by atoms with Crippen molar-refractivity contribution < 1.29 is 4.79 Å². The highest BCUT2D eigenvalue weighted by Crippen LogP contribution is 2.09. The third-order valence-electron chi connectivity index (χ3n) is 2.91. The van der Waals surface area contributed by atoms with E-state index in [1.807, 2.05) is 0 Å². The number of allylic oxidation sites excluding steroid dienone is 2. The van der Waals surface area contributed by atoms with Crippen molar-refractivity contribution in [1.82, 2.24) is 4.90 Å². The monoisotopic (exact) mass is 222 g/mol. The van der Waals surface area contributed by atoms with E-state index in [1.165, 1.54) is 0 Å². The molecule has 0 saturated heterocycles. The fourth-order valence-electron chi connectivity index (χ4n) is 1.94. The van der Waals surface area contributed by atoms with Gasteiger partial charge in [-0.05, 0) is 38.5 Å². The van der Waals surface area contributed by atoms with Gasteiger partial charge in [-0.15, -0.1) is 0 Å². The average molecular weight is 222 g/mol. The summed E-state index contributed by atoms with van der Waals surface area (Å²) in [6, 6.07) is 0. The number of amides is 1. The number of hydrogen-bond donors (Lipinski definition) is 1. The largest absolute Gasteiger partial charge is 0.301 e. The summed E-state index contributed by atoms with van der Waals surface area (Å²) < 4.78 is 0. The maximum atomic E-state index is 11.4. The highest BCUT2D eigenvalue weighted by atomic mass is 16.2. The van der Waals surface area contributed by atoms with E-state index >= 15 is 0 Å². The van der Waals surface area contributed by atoms with Gasteiger partial charge in [0.2, 0.25) is 5.91 Å². The molecule has 0 spiro atoms. The van der Waals surface area contributed by atoms with Gasteiger partial charge in [-0.25, -0.2) is 0 Å². The van der Waals surface area contributed by atoms with Gasteiger partial charge in [-0.1, -0.05) is 12.2 Å². The van der Waals surface area contributed by atoms with Gasteiger partial charge in [-0.3, -0.25) is 10.2 Å². The van der Waals surface area contributed by atoms with Crippen LogP contribution in [-0.2, 0) is 4.79 Å². The normalized spacial score (nSPS) is 22.1. The van der Waals surface area contributed by atoms with Crippen LogP contribution in [0.1, 0.15) is 51.9 Å². The SMILES string of the molecule is CC(=O)N1CCCC/C=C\CCCCC1=N. The van der Waals surface area contributed by atoms with Crippen LogP contribution >= 0.6 is 0 Å². The predicted molar refractivity (Wildman–Crippen MR) is 66.6 cm³/mol. The van der Waals surface area contributed by atoms with Crippen molar-refractivity contribution in [2.45, 2.75) is 51.9 Å². The summed E-state index contributed by atoms with van der Waals surface area (Å²) in [5.41, 5.74) is 0. The van der Waals surface area contributed by atoms with Gasteiger partial charge in [0.25, 0.3) is 0 Å². The zero-order chi connectivity index (χ0) is 11.8. The number of carbonyl (C=O) groups excluding carboxylic acids is 1. The van der Waals surface area contributed by atoms with Crippen LogP contribution < -0.4 is 0 Å². The van der Waals surface area contributed by atoms with Crippen molar-refractivity contribution >= 4 is 11.7 Å². The molecule has 90 valence electrons. The molecule has 0 atom stereocenters. The van der Waals surface area contributed by atoms with Crippen molar-refractivity contribution in [2.75, 3.05) is 6.54 Å². The Labute approximate surface area is 98.0 Å². The van der Waals surface area contributed by atoms with Gasteiger partial charge < -0.3 is 4.90 Å². The Balaban J connectivity index is 2.53. The topological polar surface area (TPSA) is 44.2 Å². The first-order valence-corrected chi connectivity index (χ1v) is 6.22. The molecule has 1 N–H and O–H groups in total. The van der Waals surface area contributed by atoms with Crippen LogP contribution in [0.15, 0.2) is 12.2 Å². The van der Waals surface area contributed by atoms with Gasteiger partial charge in [0.1, 0.15) is 5.84 Å². The van der Waals surface area contributed by atoms with E-state index < -0.39 is 0 Å². The summed E-state index contributed by atoms with van der Waals surface area (Å²) in [5.74, 6) is 0.509. The summed E-state index contributed by atoms with van der Waals surface area (Å²) >= 11 is 0. The molecule has 1 aliphatic rings. The highest BCUT2D eigenvalue weighted by molar-refractivity contribution is 5.95. The molecule has 16 heavy (non-hydrogen) atoms. The lowest BCUT2D eigenvalue weighted by atomic mass is 10.1. The highest BCUT2D eigenvalue weighted by Gasteiger charge is 2.13. The molecule has 0 aromatic carbocycles. The van der Waals surface area contributed by atoms with Crippen LogP contribution in [0.5, 0.6) is 0 Å². The van der Waals surface area contributed by atoms with Crippen molar-refractivity contribution in [3.05, 3.63) is 12.2 Å². The van der Waals surface area contributed by atoms with Gasteiger partial charge in [0, 0.05) is 19.9 Å². The summed E-state index contributed by atoms with van der Waals surface area (Å²) in [6.07, 6.45) is 11.6. The summed E-state index contributed by atoms with van der Waals surface area (Å²) in [4.78, 5) is 13.0. The second-order valence-corrected chi connectivity index (χ2v) is 4.33. The Kier molecular flexibility index (Phi) is 5.83. The summed E-state index contributed by atoms with van der Waals surface area (Å²) in [7, 11) is 0. The smallest absolute Gasteiger partial charge is 0.224 e. The molecule has 1 amide bonds. The molecular formula is C13H22N2O. The van der Waals surface area contributed by atoms with Crippen molar-refractivity contribution in [3.8, 4) is 0 Å². The Morgan fingerprint density at radius 2 is 1.81 bits per heavy atom. The lowest BCUT2D eigenvalue weighted by Crippen LogP contribution is -2.35. The first-order valence-electron chi connectivity index (χ1n) is 6.22. The molecule has 0 bridgehead atoms. The first kappa shape index (κ1) is 12.9. The number of amidine groups is 1. The van der Waals surface area contributed by atoms with E-state index in [0.717, 1.165) is 44.9 Å². The fourth-order valence-corrected chi connectivity index (χ4v) is 1.94. The molecule has 0 unspecified atom stereocenters. The molecule has 0 aromatic rings. The van der Waals surface area contributed by atoms with E-state index in [1.54, 1.807) is 11.8 Å². The third-order valence-corrected chi connectivity index (χ3v) is 2.91. The van der Waals surface area contributed by atoms with Gasteiger partial charge in [0.15, 0.2) is 0 Å². The lowest BCUT2D eigenvalue weighted by Gasteiger charge is -2.21. The maximum absolute atomic E-state index is 11.4. The molecule has 3 heteroatoms. The van der Waals surface area contributed by atoms with Crippen molar-refractivity contribution in [1.29, 1.82) is 5.41 Å². The fraction of sp³-hybridized carbons (Fsp3) is 0.692. The molecule has 1 heterocycles. The van der Waals surface area contributed by atoms with E-state index in [4.69, 9.17) is 5.41 Å². The average Bonchev–Trinajstić information content (AvgIpc) is 2.22. The molecule has 3 nitrogen and oxygen atoms in total. The minimum absolute atomic E-state index is 0.0117. The summed E-state index contributed by atoms with van der Waals surface area (Å²) in [6.45, 7) is 2.27. The first-order chi connectivity index (χ1) is 7.72. The second-order valence-electron chi connectivity index (χ2n) is 4.33. The van der Waals surface area contributed by atoms with Crippen LogP contribution in [0.4, 0.5) is 0 Å². The van der Waals surface area contributed by atoms with Crippen molar-refractivity contribution in [3.63, 3.8) is 0 Å². The molecule has 1 rings (SSSR count). The van der Waals surface area contributed by atoms with E-state index in [0.29, 0.717) is 12.4 Å². The van der Waals surface area contributed by atoms with Crippen LogP contribution in [-0.4, -0.2) is 23.2 Å². The lowest BCUT2D eigenvalue weighted by molar-refractivity contribution is -0.125. The Bertz CT molecular complexity index is 271. The predicted octanol–water partition coefficient (Wildman–Crippen LogP) is 3.11. The Morgan fingerprint density at radius 1 is 1.19 bits per heavy atom. The molecule has 0 radical (unpaired) electrons. The number of nitrogens with one attached hydrogen (secondary N) is 1. The molecule has 0 aromatic heterocycles. The van der Waals surface area contributed by atoms with E-state index in [9.17, 15) is 4.79 Å². The van der Waals surface area contributed by atoms with E-state index in [-0.39, 0.29) is 5.91 Å². The Morgan fingerprint density at radius 3 is 2.44 bits per heavy atom. The van der Waals surface area contributed by atoms with Crippen LogP contribution in [0.2, 0.25) is 0 Å². The van der Waals surface area contributed by atoms with Gasteiger partial charge in [0.05, 0.1) is 0 Å². The molecule has 1 aliphatic heterocycles. The summed E-state index contributed by atoms with van der Waals surface area (Å²) in [5, 5.41) is 7.90. The zero-order valence-corrected chi connectivity index (χ0v) is 10.2. The minimum atomic E-state index is 0.0117. The number of nitrogens with zero attached hydrogens (tertiary/aromatic N) is 1. The zero-order valence-electron chi connectivity index (χ0n) is 10.2. The van der Waals surface area contributed by atoms with Gasteiger partial charge in [-0.2, -0.15) is 0 Å². The number of hydrogen-bond acceptors (Lipinski definition) is 2. The second kappa shape index (κ2) is 7.20. The minimum Gasteiger partial charge on any atom is -0.301 e. The molecule has 0 aliphatic carbocycles. The van der Waals surface area contributed by atoms with Gasteiger partial charge >= 0.3 is 0 Å². The van der Waals surface area contributed by atoms with E-state index in [2.05, 4.69) is 12.2 Å². The Hall–Kier alpha value is -1.12. The number of carbonyl (C=O) groups is 1. The number of rotatable bonds is 0. The van der Waals surface area contributed by atoms with Crippen molar-refractivity contribution in [2.24, 2.45) is 0 Å². The van der Waals surface area contributed by atoms with Crippen LogP contribution in [0.25, 0.3) is 0 Å². The van der Waals surface area contributed by atoms with Crippen LogP contribution in [0, 0.1) is 5.41 Å². The third kappa shape index (κ3) is 4.60. The maximum Gasteiger partial charge on any atom is 0.224 e. The van der Waals surface area contributed by atoms with Crippen LogP contribution in [0.3, 0.4) is 0 Å². The standard InChI is InChI=1S/C13H22N2O/c1-12(16)15-11-9-7-5-3-2-4-6-8-10-13(15)14/h2-3,14H,4-11H2,1H3/b3-2-,14-13?. The molecule has 0 saturated carbocycles. The quantitative estimate of drug-likeness (QED) is 0.629. The molecule has 0 fully saturated rings. The molecular weight excluding hydrogens is 200 g/mol.